The highest BCUT2D eigenvalue weighted by molar-refractivity contribution is 5.63. The van der Waals surface area contributed by atoms with Gasteiger partial charge < -0.3 is 14.6 Å². The molecule has 1 unspecified atom stereocenters. The van der Waals surface area contributed by atoms with Crippen molar-refractivity contribution >= 4 is 0 Å². The topological polar surface area (TPSA) is 45.3 Å². The third kappa shape index (κ3) is 6.36. The van der Waals surface area contributed by atoms with Crippen molar-refractivity contribution in [3.8, 4) is 16.9 Å². The van der Waals surface area contributed by atoms with Crippen LogP contribution in [0, 0.1) is 0 Å². The SMILES string of the molecule is C1CO1.CC1CO1.Oc1ccc(-c2ccccc2)cc1. The fourth-order valence-electron chi connectivity index (χ4n) is 1.38. The van der Waals surface area contributed by atoms with Crippen molar-refractivity contribution in [2.45, 2.75) is 13.0 Å². The van der Waals surface area contributed by atoms with Gasteiger partial charge in [-0.25, -0.2) is 0 Å². The van der Waals surface area contributed by atoms with Gasteiger partial charge in [-0.15, -0.1) is 0 Å². The van der Waals surface area contributed by atoms with E-state index in [2.05, 4.69) is 11.7 Å². The second-order valence-corrected chi connectivity index (χ2v) is 4.67. The monoisotopic (exact) mass is 272 g/mol. The maximum absolute atomic E-state index is 9.10. The van der Waals surface area contributed by atoms with Crippen LogP contribution in [0.2, 0.25) is 0 Å². The van der Waals surface area contributed by atoms with Gasteiger partial charge in [-0.05, 0) is 30.2 Å². The van der Waals surface area contributed by atoms with Gasteiger partial charge in [0.1, 0.15) is 5.75 Å². The number of hydrogen-bond acceptors (Lipinski definition) is 3. The summed E-state index contributed by atoms with van der Waals surface area (Å²) in [6, 6.07) is 17.3. The Hall–Kier alpha value is -1.84. The van der Waals surface area contributed by atoms with E-state index >= 15 is 0 Å². The lowest BCUT2D eigenvalue weighted by atomic mass is 10.1. The molecule has 0 radical (unpaired) electrons. The highest BCUT2D eigenvalue weighted by atomic mass is 16.6. The summed E-state index contributed by atoms with van der Waals surface area (Å²) in [5.41, 5.74) is 2.29. The van der Waals surface area contributed by atoms with Crippen molar-refractivity contribution in [1.82, 2.24) is 0 Å². The molecule has 2 aromatic carbocycles. The van der Waals surface area contributed by atoms with Crippen LogP contribution in [0.1, 0.15) is 6.92 Å². The molecule has 2 aliphatic heterocycles. The molecule has 2 saturated heterocycles. The number of phenolic OH excluding ortho intramolecular Hbond substituents is 1. The van der Waals surface area contributed by atoms with E-state index in [0.29, 0.717) is 11.9 Å². The minimum absolute atomic E-state index is 0.305. The average molecular weight is 272 g/mol. The first-order chi connectivity index (χ1) is 9.75. The lowest BCUT2D eigenvalue weighted by molar-refractivity contribution is 0.423. The van der Waals surface area contributed by atoms with E-state index in [-0.39, 0.29) is 0 Å². The molecule has 0 spiro atoms. The van der Waals surface area contributed by atoms with Gasteiger partial charge in [0.25, 0.3) is 0 Å². The Labute approximate surface area is 119 Å². The predicted octanol–water partition coefficient (Wildman–Crippen LogP) is 3.48. The van der Waals surface area contributed by atoms with Crippen LogP contribution in [0.25, 0.3) is 11.1 Å². The Morgan fingerprint density at radius 3 is 1.75 bits per heavy atom. The summed E-state index contributed by atoms with van der Waals surface area (Å²) < 4.78 is 9.21. The van der Waals surface area contributed by atoms with Crippen molar-refractivity contribution in [2.24, 2.45) is 0 Å². The molecule has 106 valence electrons. The van der Waals surface area contributed by atoms with Gasteiger partial charge >= 0.3 is 0 Å². The van der Waals surface area contributed by atoms with Gasteiger partial charge in [0, 0.05) is 0 Å². The van der Waals surface area contributed by atoms with Crippen molar-refractivity contribution in [3.05, 3.63) is 54.6 Å². The van der Waals surface area contributed by atoms with Crippen molar-refractivity contribution in [2.75, 3.05) is 19.8 Å². The van der Waals surface area contributed by atoms with Gasteiger partial charge in [0.15, 0.2) is 0 Å². The Bertz CT molecular complexity index is 485. The van der Waals surface area contributed by atoms with Crippen molar-refractivity contribution in [3.63, 3.8) is 0 Å². The van der Waals surface area contributed by atoms with Crippen LogP contribution in [0.15, 0.2) is 54.6 Å². The van der Waals surface area contributed by atoms with Crippen LogP contribution in [-0.4, -0.2) is 31.0 Å². The largest absolute Gasteiger partial charge is 0.508 e. The van der Waals surface area contributed by atoms with Gasteiger partial charge in [0.05, 0.1) is 25.9 Å². The number of phenols is 1. The molecule has 0 bridgehead atoms. The van der Waals surface area contributed by atoms with Gasteiger partial charge in [-0.2, -0.15) is 0 Å². The van der Waals surface area contributed by atoms with Gasteiger partial charge in [0.2, 0.25) is 0 Å². The van der Waals surface area contributed by atoms with Crippen LogP contribution in [-0.2, 0) is 9.47 Å². The molecule has 0 saturated carbocycles. The lowest BCUT2D eigenvalue weighted by Gasteiger charge is -2.00. The minimum atomic E-state index is 0.305. The third-order valence-electron chi connectivity index (χ3n) is 2.68. The quantitative estimate of drug-likeness (QED) is 0.808. The maximum atomic E-state index is 9.10. The minimum Gasteiger partial charge on any atom is -0.508 e. The number of hydrogen-bond donors (Lipinski definition) is 1. The summed E-state index contributed by atoms with van der Waals surface area (Å²) in [6.45, 7) is 5.04. The zero-order valence-electron chi connectivity index (χ0n) is 11.7. The molecule has 3 heteroatoms. The van der Waals surface area contributed by atoms with E-state index in [0.717, 1.165) is 25.4 Å². The number of ether oxygens (including phenoxy) is 2. The molecule has 2 aliphatic rings. The number of aromatic hydroxyl groups is 1. The molecule has 0 aliphatic carbocycles. The van der Waals surface area contributed by atoms with Crippen LogP contribution in [0.3, 0.4) is 0 Å². The Balaban J connectivity index is 0.000000170. The molecule has 2 heterocycles. The summed E-state index contributed by atoms with van der Waals surface area (Å²) in [5, 5.41) is 9.10. The lowest BCUT2D eigenvalue weighted by Crippen LogP contribution is -1.74. The molecule has 0 amide bonds. The second kappa shape index (κ2) is 7.68. The molecule has 1 N–H and O–H groups in total. The van der Waals surface area contributed by atoms with Crippen LogP contribution in [0.5, 0.6) is 5.75 Å². The molecule has 4 rings (SSSR count). The molecule has 20 heavy (non-hydrogen) atoms. The van der Waals surface area contributed by atoms with Crippen molar-refractivity contribution in [1.29, 1.82) is 0 Å². The molecule has 1 atom stereocenters. The smallest absolute Gasteiger partial charge is 0.115 e. The average Bonchev–Trinajstić information content (AvgIpc) is 3.36. The fourth-order valence-corrected chi connectivity index (χ4v) is 1.38. The van der Waals surface area contributed by atoms with Crippen LogP contribution >= 0.6 is 0 Å². The van der Waals surface area contributed by atoms with E-state index in [9.17, 15) is 0 Å². The number of benzene rings is 2. The molecule has 0 aromatic heterocycles. The predicted molar refractivity (Wildman–Crippen MR) is 79.8 cm³/mol. The highest BCUT2D eigenvalue weighted by Crippen LogP contribution is 2.20. The van der Waals surface area contributed by atoms with Gasteiger partial charge in [-0.3, -0.25) is 0 Å². The molecule has 2 fully saturated rings. The first-order valence-electron chi connectivity index (χ1n) is 6.79. The summed E-state index contributed by atoms with van der Waals surface area (Å²) in [5.74, 6) is 0.305. The Morgan fingerprint density at radius 1 is 0.900 bits per heavy atom. The molecule has 3 nitrogen and oxygen atoms in total. The molecular formula is C17H20O3. The van der Waals surface area contributed by atoms with Crippen LogP contribution < -0.4 is 0 Å². The Morgan fingerprint density at radius 2 is 1.35 bits per heavy atom. The third-order valence-corrected chi connectivity index (χ3v) is 2.68. The van der Waals surface area contributed by atoms with E-state index in [1.807, 2.05) is 42.5 Å². The van der Waals surface area contributed by atoms with Crippen LogP contribution in [0.4, 0.5) is 0 Å². The number of epoxide rings is 2. The fraction of sp³-hybridized carbons (Fsp3) is 0.294. The summed E-state index contributed by atoms with van der Waals surface area (Å²) >= 11 is 0. The first kappa shape index (κ1) is 14.6. The standard InChI is InChI=1S/C12H10O.C3H6O.C2H4O/c13-12-8-6-11(7-9-12)10-4-2-1-3-5-10;1-3-2-4-3;1-2-3-1/h1-9,13H;3H,2H2,1H3;1-2H2. The van der Waals surface area contributed by atoms with Crippen molar-refractivity contribution < 1.29 is 14.6 Å². The zero-order chi connectivity index (χ0) is 14.2. The second-order valence-electron chi connectivity index (χ2n) is 4.67. The highest BCUT2D eigenvalue weighted by Gasteiger charge is 2.13. The van der Waals surface area contributed by atoms with E-state index < -0.39 is 0 Å². The molecule has 2 aromatic rings. The normalized spacial score (nSPS) is 17.9. The summed E-state index contributed by atoms with van der Waals surface area (Å²) in [7, 11) is 0. The summed E-state index contributed by atoms with van der Waals surface area (Å²) in [6.07, 6.45) is 0.583. The first-order valence-corrected chi connectivity index (χ1v) is 6.79. The van der Waals surface area contributed by atoms with E-state index in [1.165, 1.54) is 5.56 Å². The number of rotatable bonds is 1. The summed E-state index contributed by atoms with van der Waals surface area (Å²) in [4.78, 5) is 0. The van der Waals surface area contributed by atoms with E-state index in [4.69, 9.17) is 9.84 Å². The molecular weight excluding hydrogens is 252 g/mol. The van der Waals surface area contributed by atoms with Gasteiger partial charge in [-0.1, -0.05) is 42.5 Å². The zero-order valence-corrected chi connectivity index (χ0v) is 11.7. The Kier molecular flexibility index (Phi) is 5.59. The maximum Gasteiger partial charge on any atom is 0.115 e. The van der Waals surface area contributed by atoms with E-state index in [1.54, 1.807) is 12.1 Å².